The predicted molar refractivity (Wildman–Crippen MR) is 96.0 cm³/mol. The Morgan fingerprint density at radius 2 is 1.82 bits per heavy atom. The topological polar surface area (TPSA) is 20.3 Å². The molecule has 3 heteroatoms. The lowest BCUT2D eigenvalue weighted by atomic mass is 10.1. The lowest BCUT2D eigenvalue weighted by Gasteiger charge is -2.13. The van der Waals surface area contributed by atoms with E-state index in [0.717, 1.165) is 17.7 Å². The summed E-state index contributed by atoms with van der Waals surface area (Å²) in [5.41, 5.74) is 3.35. The molecule has 0 fully saturated rings. The van der Waals surface area contributed by atoms with Crippen LogP contribution in [0.4, 0.5) is 5.69 Å². The molecule has 0 aliphatic heterocycles. The summed E-state index contributed by atoms with van der Waals surface area (Å²) in [5, 5.41) is 0. The van der Waals surface area contributed by atoms with E-state index in [1.165, 1.54) is 16.1 Å². The predicted octanol–water partition coefficient (Wildman–Crippen LogP) is 5.03. The minimum absolute atomic E-state index is 0.234. The number of thioether (sulfide) groups is 1. The van der Waals surface area contributed by atoms with Crippen LogP contribution in [-0.2, 0) is 5.75 Å². The second-order valence-corrected chi connectivity index (χ2v) is 6.60. The normalized spacial score (nSPS) is 10.5. The first-order chi connectivity index (χ1) is 10.6. The number of rotatable bonds is 7. The van der Waals surface area contributed by atoms with Gasteiger partial charge in [-0.15, -0.1) is 11.8 Å². The quantitative estimate of drug-likeness (QED) is 0.528. The van der Waals surface area contributed by atoms with Crippen molar-refractivity contribution < 1.29 is 4.79 Å². The van der Waals surface area contributed by atoms with Gasteiger partial charge in [0.1, 0.15) is 0 Å². The molecule has 0 N–H and O–H groups in total. The molecule has 0 spiro atoms. The third-order valence-corrected chi connectivity index (χ3v) is 4.57. The van der Waals surface area contributed by atoms with Crippen molar-refractivity contribution >= 4 is 23.2 Å². The summed E-state index contributed by atoms with van der Waals surface area (Å²) in [6, 6.07) is 16.5. The van der Waals surface area contributed by atoms with Crippen molar-refractivity contribution in [2.45, 2.75) is 30.4 Å². The molecule has 0 aliphatic carbocycles. The smallest absolute Gasteiger partial charge is 0.162 e. The van der Waals surface area contributed by atoms with Crippen LogP contribution in [0.15, 0.2) is 53.4 Å². The van der Waals surface area contributed by atoms with E-state index in [-0.39, 0.29) is 5.78 Å². The molecule has 2 nitrogen and oxygen atoms in total. The second-order valence-electron chi connectivity index (χ2n) is 5.55. The molecule has 0 aliphatic rings. The van der Waals surface area contributed by atoms with Crippen molar-refractivity contribution in [2.75, 3.05) is 19.0 Å². The lowest BCUT2D eigenvalue weighted by Crippen LogP contribution is -2.08. The Morgan fingerprint density at radius 3 is 2.45 bits per heavy atom. The summed E-state index contributed by atoms with van der Waals surface area (Å²) in [4.78, 5) is 15.1. The molecule has 0 atom stereocenters. The summed E-state index contributed by atoms with van der Waals surface area (Å²) in [5.74, 6) is 1.17. The first-order valence-corrected chi connectivity index (χ1v) is 8.61. The van der Waals surface area contributed by atoms with Gasteiger partial charge >= 0.3 is 0 Å². The van der Waals surface area contributed by atoms with Crippen molar-refractivity contribution in [1.29, 1.82) is 0 Å². The van der Waals surface area contributed by atoms with Crippen LogP contribution >= 0.6 is 11.8 Å². The number of ketones is 1. The van der Waals surface area contributed by atoms with Crippen molar-refractivity contribution in [3.8, 4) is 0 Å². The van der Waals surface area contributed by atoms with Crippen molar-refractivity contribution in [3.63, 3.8) is 0 Å². The number of carbonyl (C=O) groups excluding carboxylic acids is 1. The summed E-state index contributed by atoms with van der Waals surface area (Å²) < 4.78 is 0. The molecule has 0 heterocycles. The highest BCUT2D eigenvalue weighted by molar-refractivity contribution is 7.98. The molecule has 2 rings (SSSR count). The number of benzene rings is 2. The number of Topliss-reactive ketones (excluding diaryl/α,β-unsaturated/α-hetero) is 1. The average molecular weight is 313 g/mol. The number of hydrogen-bond acceptors (Lipinski definition) is 3. The minimum atomic E-state index is 0.234. The zero-order chi connectivity index (χ0) is 15.9. The zero-order valence-corrected chi connectivity index (χ0v) is 14.3. The Bertz CT molecular complexity index is 620. The summed E-state index contributed by atoms with van der Waals surface area (Å²) in [7, 11) is 4.11. The molecule has 0 saturated carbocycles. The van der Waals surface area contributed by atoms with Gasteiger partial charge in [-0.1, -0.05) is 31.2 Å². The molecule has 116 valence electrons. The minimum Gasteiger partial charge on any atom is -0.378 e. The van der Waals surface area contributed by atoms with E-state index < -0.39 is 0 Å². The monoisotopic (exact) mass is 313 g/mol. The Kier molecular flexibility index (Phi) is 6.08. The number of anilines is 1. The number of hydrogen-bond donors (Lipinski definition) is 0. The maximum Gasteiger partial charge on any atom is 0.162 e. The molecular weight excluding hydrogens is 290 g/mol. The van der Waals surface area contributed by atoms with Crippen LogP contribution in [0.2, 0.25) is 0 Å². The van der Waals surface area contributed by atoms with Gasteiger partial charge < -0.3 is 4.90 Å². The van der Waals surface area contributed by atoms with Gasteiger partial charge in [0.25, 0.3) is 0 Å². The summed E-state index contributed by atoms with van der Waals surface area (Å²) in [6.07, 6.45) is 1.53. The van der Waals surface area contributed by atoms with Crippen LogP contribution < -0.4 is 4.90 Å². The van der Waals surface area contributed by atoms with Crippen LogP contribution in [0.25, 0.3) is 0 Å². The Balaban J connectivity index is 1.97. The van der Waals surface area contributed by atoms with E-state index >= 15 is 0 Å². The summed E-state index contributed by atoms with van der Waals surface area (Å²) in [6.45, 7) is 2.03. The molecule has 2 aromatic rings. The van der Waals surface area contributed by atoms with Crippen LogP contribution in [0, 0.1) is 0 Å². The van der Waals surface area contributed by atoms with Crippen LogP contribution in [0.3, 0.4) is 0 Å². The van der Waals surface area contributed by atoms with Gasteiger partial charge in [-0.05, 0) is 36.2 Å². The Morgan fingerprint density at radius 1 is 1.09 bits per heavy atom. The molecule has 0 bridgehead atoms. The van der Waals surface area contributed by atoms with E-state index in [1.807, 2.05) is 31.2 Å². The van der Waals surface area contributed by atoms with Crippen molar-refractivity contribution in [2.24, 2.45) is 0 Å². The van der Waals surface area contributed by atoms with E-state index in [2.05, 4.69) is 43.3 Å². The van der Waals surface area contributed by atoms with E-state index in [4.69, 9.17) is 0 Å². The average Bonchev–Trinajstić information content (AvgIpc) is 2.54. The maximum atomic E-state index is 11.8. The molecule has 2 aromatic carbocycles. The highest BCUT2D eigenvalue weighted by atomic mass is 32.2. The van der Waals surface area contributed by atoms with E-state index in [0.29, 0.717) is 6.42 Å². The Hall–Kier alpha value is -1.74. The van der Waals surface area contributed by atoms with Crippen molar-refractivity contribution in [3.05, 3.63) is 59.7 Å². The van der Waals surface area contributed by atoms with Gasteiger partial charge in [-0.25, -0.2) is 0 Å². The first-order valence-electron chi connectivity index (χ1n) is 7.62. The fourth-order valence-corrected chi connectivity index (χ4v) is 3.04. The van der Waals surface area contributed by atoms with Gasteiger partial charge in [0.2, 0.25) is 0 Å². The second kappa shape index (κ2) is 8.04. The highest BCUT2D eigenvalue weighted by Crippen LogP contribution is 2.25. The lowest BCUT2D eigenvalue weighted by molar-refractivity contribution is 0.0981. The van der Waals surface area contributed by atoms with Crippen LogP contribution in [0.5, 0.6) is 0 Å². The van der Waals surface area contributed by atoms with Gasteiger partial charge in [0.05, 0.1) is 0 Å². The van der Waals surface area contributed by atoms with Gasteiger partial charge in [0.15, 0.2) is 5.78 Å². The molecule has 0 saturated heterocycles. The molecule has 22 heavy (non-hydrogen) atoms. The molecular formula is C19H23NOS. The van der Waals surface area contributed by atoms with Crippen molar-refractivity contribution in [1.82, 2.24) is 0 Å². The first kappa shape index (κ1) is 16.6. The summed E-state index contributed by atoms with van der Waals surface area (Å²) >= 11 is 1.80. The third kappa shape index (κ3) is 4.63. The Labute approximate surface area is 137 Å². The highest BCUT2D eigenvalue weighted by Gasteiger charge is 2.05. The van der Waals surface area contributed by atoms with Crippen LogP contribution in [0.1, 0.15) is 35.7 Å². The molecule has 0 radical (unpaired) electrons. The fourth-order valence-electron chi connectivity index (χ4n) is 2.20. The standard InChI is InChI=1S/C19H23NOS/c1-4-6-19(21)16-9-11-18(12-10-16)22-14-15-7-5-8-17(13-15)20(2)3/h5,7-13H,4,6,14H2,1-3H3. The maximum absolute atomic E-state index is 11.8. The third-order valence-electron chi connectivity index (χ3n) is 3.49. The largest absolute Gasteiger partial charge is 0.378 e. The van der Waals surface area contributed by atoms with Gasteiger partial charge in [0, 0.05) is 42.4 Å². The number of carbonyl (C=O) groups is 1. The van der Waals surface area contributed by atoms with E-state index in [9.17, 15) is 4.79 Å². The SMILES string of the molecule is CCCC(=O)c1ccc(SCc2cccc(N(C)C)c2)cc1. The van der Waals surface area contributed by atoms with Gasteiger partial charge in [-0.3, -0.25) is 4.79 Å². The number of nitrogens with zero attached hydrogens (tertiary/aromatic N) is 1. The van der Waals surface area contributed by atoms with E-state index in [1.54, 1.807) is 11.8 Å². The fraction of sp³-hybridized carbons (Fsp3) is 0.316. The molecule has 0 unspecified atom stereocenters. The molecule has 0 amide bonds. The molecule has 0 aromatic heterocycles. The zero-order valence-electron chi connectivity index (χ0n) is 13.5. The van der Waals surface area contributed by atoms with Crippen LogP contribution in [-0.4, -0.2) is 19.9 Å². The van der Waals surface area contributed by atoms with Gasteiger partial charge in [-0.2, -0.15) is 0 Å².